The van der Waals surface area contributed by atoms with Gasteiger partial charge in [-0.05, 0) is 30.4 Å². The largest absolute Gasteiger partial charge is 0.508 e. The number of benzene rings is 1. The highest BCUT2D eigenvalue weighted by atomic mass is 16.4. The van der Waals surface area contributed by atoms with E-state index < -0.39 is 5.97 Å². The lowest BCUT2D eigenvalue weighted by atomic mass is 9.85. The van der Waals surface area contributed by atoms with Crippen LogP contribution < -0.4 is 0 Å². The van der Waals surface area contributed by atoms with Crippen LogP contribution in [0, 0.1) is 5.92 Å². The van der Waals surface area contributed by atoms with Crippen molar-refractivity contribution in [2.45, 2.75) is 148 Å². The second kappa shape index (κ2) is 21.6. The fourth-order valence-electron chi connectivity index (χ4n) is 5.07. The third kappa shape index (κ3) is 18.3. The average Bonchev–Trinajstić information content (AvgIpc) is 2.84. The zero-order valence-corrected chi connectivity index (χ0v) is 22.6. The first-order valence-electron chi connectivity index (χ1n) is 14.8. The normalized spacial score (nSPS) is 13.9. The molecule has 1 aliphatic carbocycles. The summed E-state index contributed by atoms with van der Waals surface area (Å²) in [6.07, 6.45) is 27.7. The lowest BCUT2D eigenvalue weighted by Gasteiger charge is -2.21. The summed E-state index contributed by atoms with van der Waals surface area (Å²) in [7, 11) is 0. The van der Waals surface area contributed by atoms with Crippen molar-refractivity contribution in [2.75, 3.05) is 0 Å². The molecule has 4 nitrogen and oxygen atoms in total. The van der Waals surface area contributed by atoms with Crippen molar-refractivity contribution in [3.05, 3.63) is 23.8 Å². The standard InChI is InChI=1S/C18H36O2.C13H18O2/c1-2-3-4-5-6-7-8-9-10-11-12-13-14-15-16-17-18(19)20;14-12-7-6-11(13(15)9-12)8-10-4-2-1-3-5-10/h2-17H2,1H3,(H,19,20);6-7,9-10,14-15H,1-5,8H2. The molecular formula is C31H54O4. The van der Waals surface area contributed by atoms with E-state index in [0.717, 1.165) is 24.8 Å². The number of aromatic hydroxyl groups is 2. The Bertz CT molecular complexity index is 637. The second-order valence-corrected chi connectivity index (χ2v) is 10.6. The van der Waals surface area contributed by atoms with E-state index >= 15 is 0 Å². The van der Waals surface area contributed by atoms with E-state index in [-0.39, 0.29) is 11.5 Å². The molecule has 1 saturated carbocycles. The van der Waals surface area contributed by atoms with Crippen molar-refractivity contribution in [1.82, 2.24) is 0 Å². The van der Waals surface area contributed by atoms with E-state index in [0.29, 0.717) is 12.3 Å². The Balaban J connectivity index is 0.000000362. The maximum atomic E-state index is 10.3. The Labute approximate surface area is 215 Å². The molecule has 1 fully saturated rings. The molecule has 0 unspecified atom stereocenters. The fourth-order valence-corrected chi connectivity index (χ4v) is 5.07. The van der Waals surface area contributed by atoms with Crippen LogP contribution in [-0.2, 0) is 11.2 Å². The van der Waals surface area contributed by atoms with Crippen molar-refractivity contribution in [1.29, 1.82) is 0 Å². The van der Waals surface area contributed by atoms with Gasteiger partial charge in [0, 0.05) is 12.5 Å². The maximum Gasteiger partial charge on any atom is 0.303 e. The lowest BCUT2D eigenvalue weighted by molar-refractivity contribution is -0.137. The van der Waals surface area contributed by atoms with Gasteiger partial charge >= 0.3 is 5.97 Å². The monoisotopic (exact) mass is 490 g/mol. The number of hydrogen-bond donors (Lipinski definition) is 3. The van der Waals surface area contributed by atoms with E-state index in [1.165, 1.54) is 122 Å². The molecule has 4 heteroatoms. The van der Waals surface area contributed by atoms with Gasteiger partial charge in [-0.15, -0.1) is 0 Å². The van der Waals surface area contributed by atoms with Crippen molar-refractivity contribution < 1.29 is 20.1 Å². The third-order valence-corrected chi connectivity index (χ3v) is 7.30. The Morgan fingerprint density at radius 3 is 1.69 bits per heavy atom. The predicted octanol–water partition coefficient (Wildman–Crippen LogP) is 9.55. The third-order valence-electron chi connectivity index (χ3n) is 7.30. The van der Waals surface area contributed by atoms with Gasteiger partial charge in [0.25, 0.3) is 0 Å². The lowest BCUT2D eigenvalue weighted by Crippen LogP contribution is -2.09. The number of phenolic OH excluding ortho intramolecular Hbond substituents is 2. The van der Waals surface area contributed by atoms with Crippen LogP contribution in [0.2, 0.25) is 0 Å². The zero-order valence-electron chi connectivity index (χ0n) is 22.6. The van der Waals surface area contributed by atoms with E-state index in [1.807, 2.05) is 6.07 Å². The molecule has 3 N–H and O–H groups in total. The summed E-state index contributed by atoms with van der Waals surface area (Å²) in [5, 5.41) is 27.4. The van der Waals surface area contributed by atoms with Crippen molar-refractivity contribution in [3.63, 3.8) is 0 Å². The van der Waals surface area contributed by atoms with Gasteiger partial charge in [-0.3, -0.25) is 4.79 Å². The summed E-state index contributed by atoms with van der Waals surface area (Å²) < 4.78 is 0. The van der Waals surface area contributed by atoms with E-state index in [1.54, 1.807) is 6.07 Å². The summed E-state index contributed by atoms with van der Waals surface area (Å²) in [6.45, 7) is 2.27. The molecule has 0 radical (unpaired) electrons. The van der Waals surface area contributed by atoms with E-state index in [9.17, 15) is 15.0 Å². The first-order chi connectivity index (χ1) is 17.0. The highest BCUT2D eigenvalue weighted by Crippen LogP contribution is 2.31. The molecular weight excluding hydrogens is 436 g/mol. The molecule has 0 saturated heterocycles. The zero-order chi connectivity index (χ0) is 25.6. The maximum absolute atomic E-state index is 10.3. The van der Waals surface area contributed by atoms with E-state index in [2.05, 4.69) is 6.92 Å². The smallest absolute Gasteiger partial charge is 0.303 e. The molecule has 1 aromatic rings. The van der Waals surface area contributed by atoms with Crippen LogP contribution in [0.15, 0.2) is 18.2 Å². The summed E-state index contributed by atoms with van der Waals surface area (Å²) in [6, 6.07) is 4.91. The molecule has 2 rings (SSSR count). The second-order valence-electron chi connectivity index (χ2n) is 10.6. The summed E-state index contributed by atoms with van der Waals surface area (Å²) in [4.78, 5) is 10.3. The number of rotatable bonds is 18. The number of unbranched alkanes of at least 4 members (excludes halogenated alkanes) is 14. The summed E-state index contributed by atoms with van der Waals surface area (Å²) in [5.74, 6) is 0.439. The highest BCUT2D eigenvalue weighted by molar-refractivity contribution is 5.66. The topological polar surface area (TPSA) is 77.8 Å². The minimum atomic E-state index is -0.653. The van der Waals surface area contributed by atoms with Crippen LogP contribution in [0.3, 0.4) is 0 Å². The molecule has 0 heterocycles. The first-order valence-corrected chi connectivity index (χ1v) is 14.8. The average molecular weight is 491 g/mol. The molecule has 0 aliphatic heterocycles. The number of carboxylic acid groups (broad SMARTS) is 1. The quantitative estimate of drug-likeness (QED) is 0.179. The molecule has 0 atom stereocenters. The molecule has 0 aromatic heterocycles. The van der Waals surface area contributed by atoms with Gasteiger partial charge in [0.05, 0.1) is 0 Å². The van der Waals surface area contributed by atoms with E-state index in [4.69, 9.17) is 5.11 Å². The number of carboxylic acids is 1. The van der Waals surface area contributed by atoms with Gasteiger partial charge in [0.2, 0.25) is 0 Å². The SMILES string of the molecule is CCCCCCCCCCCCCCCCCC(=O)O.Oc1ccc(CC2CCCCC2)c(O)c1. The Morgan fingerprint density at radius 2 is 1.23 bits per heavy atom. The minimum Gasteiger partial charge on any atom is -0.508 e. The summed E-state index contributed by atoms with van der Waals surface area (Å²) >= 11 is 0. The van der Waals surface area contributed by atoms with Crippen LogP contribution >= 0.6 is 0 Å². The molecule has 0 spiro atoms. The Hall–Kier alpha value is -1.71. The number of phenols is 2. The van der Waals surface area contributed by atoms with Crippen molar-refractivity contribution in [3.8, 4) is 11.5 Å². The van der Waals surface area contributed by atoms with Gasteiger partial charge in [-0.2, -0.15) is 0 Å². The Morgan fingerprint density at radius 1 is 0.743 bits per heavy atom. The molecule has 1 aliphatic rings. The number of carbonyl (C=O) groups is 1. The highest BCUT2D eigenvalue weighted by Gasteiger charge is 2.15. The Kier molecular flexibility index (Phi) is 19.3. The molecule has 35 heavy (non-hydrogen) atoms. The number of hydrogen-bond acceptors (Lipinski definition) is 3. The minimum absolute atomic E-state index is 0.139. The predicted molar refractivity (Wildman–Crippen MR) is 147 cm³/mol. The first kappa shape index (κ1) is 31.3. The van der Waals surface area contributed by atoms with Crippen molar-refractivity contribution >= 4 is 5.97 Å². The molecule has 0 bridgehead atoms. The van der Waals surface area contributed by atoms with Gasteiger partial charge in [-0.1, -0.05) is 135 Å². The van der Waals surface area contributed by atoms with Gasteiger partial charge in [0.1, 0.15) is 11.5 Å². The van der Waals surface area contributed by atoms with Crippen LogP contribution in [0.4, 0.5) is 0 Å². The molecule has 0 amide bonds. The molecule has 202 valence electrons. The summed E-state index contributed by atoms with van der Waals surface area (Å²) in [5.41, 5.74) is 0.972. The van der Waals surface area contributed by atoms with Crippen LogP contribution in [0.1, 0.15) is 147 Å². The van der Waals surface area contributed by atoms with Crippen LogP contribution in [0.25, 0.3) is 0 Å². The van der Waals surface area contributed by atoms with Gasteiger partial charge in [-0.25, -0.2) is 0 Å². The van der Waals surface area contributed by atoms with Gasteiger partial charge < -0.3 is 15.3 Å². The molecule has 1 aromatic carbocycles. The van der Waals surface area contributed by atoms with Crippen molar-refractivity contribution in [2.24, 2.45) is 5.92 Å². The van der Waals surface area contributed by atoms with Crippen LogP contribution in [-0.4, -0.2) is 21.3 Å². The number of aliphatic carboxylic acids is 1. The van der Waals surface area contributed by atoms with Crippen LogP contribution in [0.5, 0.6) is 11.5 Å². The fraction of sp³-hybridized carbons (Fsp3) is 0.774. The van der Waals surface area contributed by atoms with Gasteiger partial charge in [0.15, 0.2) is 0 Å².